The third kappa shape index (κ3) is 5.06. The van der Waals surface area contributed by atoms with Gasteiger partial charge in [0.05, 0.1) is 11.0 Å². The third-order valence-corrected chi connectivity index (χ3v) is 5.80. The number of likely N-dealkylation sites (tertiary alicyclic amines) is 1. The van der Waals surface area contributed by atoms with Crippen molar-refractivity contribution in [3.8, 4) is 0 Å². The number of thiophene rings is 1. The van der Waals surface area contributed by atoms with Crippen LogP contribution in [0.3, 0.4) is 0 Å². The fraction of sp³-hybridized carbons (Fsp3) is 0.421. The highest BCUT2D eigenvalue weighted by atomic mass is 35.5. The highest BCUT2D eigenvalue weighted by molar-refractivity contribution is 7.08. The van der Waals surface area contributed by atoms with E-state index in [2.05, 4.69) is 21.7 Å². The van der Waals surface area contributed by atoms with Gasteiger partial charge in [-0.15, -0.1) is 0 Å². The number of nitrogens with zero attached hydrogens (tertiary/aromatic N) is 2. The number of hydrogen-bond donors (Lipinski definition) is 1. The molecule has 1 unspecified atom stereocenters. The molecule has 8 heteroatoms. The van der Waals surface area contributed by atoms with Crippen LogP contribution >= 0.6 is 22.9 Å². The van der Waals surface area contributed by atoms with Crippen molar-refractivity contribution >= 4 is 34.5 Å². The molecule has 0 bridgehead atoms. The van der Waals surface area contributed by atoms with Crippen molar-refractivity contribution in [2.45, 2.75) is 31.7 Å². The van der Waals surface area contributed by atoms with E-state index in [0.717, 1.165) is 25.9 Å². The average molecular weight is 408 g/mol. The Bertz CT molecular complexity index is 790. The molecule has 1 aliphatic rings. The molecule has 1 aliphatic heterocycles. The number of benzene rings is 1. The van der Waals surface area contributed by atoms with E-state index in [-0.39, 0.29) is 17.3 Å². The highest BCUT2D eigenvalue weighted by Crippen LogP contribution is 2.27. The van der Waals surface area contributed by atoms with Crippen LogP contribution in [0.4, 0.5) is 5.69 Å². The fourth-order valence-electron chi connectivity index (χ4n) is 3.46. The van der Waals surface area contributed by atoms with Gasteiger partial charge in [0.15, 0.2) is 0 Å². The van der Waals surface area contributed by atoms with E-state index in [9.17, 15) is 14.9 Å². The van der Waals surface area contributed by atoms with E-state index in [1.807, 2.05) is 5.38 Å². The zero-order valence-corrected chi connectivity index (χ0v) is 16.5. The summed E-state index contributed by atoms with van der Waals surface area (Å²) in [5, 5.41) is 18.5. The van der Waals surface area contributed by atoms with Gasteiger partial charge in [0, 0.05) is 17.6 Å². The molecule has 6 nitrogen and oxygen atoms in total. The minimum atomic E-state index is -0.559. The number of carbonyl (C=O) groups is 1. The molecule has 3 rings (SSSR count). The number of nitro groups is 1. The van der Waals surface area contributed by atoms with Crippen LogP contribution in [0.15, 0.2) is 35.0 Å². The van der Waals surface area contributed by atoms with Crippen molar-refractivity contribution in [1.29, 1.82) is 0 Å². The summed E-state index contributed by atoms with van der Waals surface area (Å²) in [7, 11) is 0. The number of hydrogen-bond acceptors (Lipinski definition) is 5. The van der Waals surface area contributed by atoms with Gasteiger partial charge in [-0.1, -0.05) is 24.4 Å². The summed E-state index contributed by atoms with van der Waals surface area (Å²) >= 11 is 7.57. The summed E-state index contributed by atoms with van der Waals surface area (Å²) in [4.78, 5) is 25.7. The first-order valence-corrected chi connectivity index (χ1v) is 10.4. The Kier molecular flexibility index (Phi) is 6.82. The lowest BCUT2D eigenvalue weighted by atomic mass is 10.1. The molecule has 1 aromatic heterocycles. The van der Waals surface area contributed by atoms with Crippen molar-refractivity contribution in [3.05, 3.63) is 61.3 Å². The first-order chi connectivity index (χ1) is 13.1. The Hall–Kier alpha value is -1.96. The van der Waals surface area contributed by atoms with Gasteiger partial charge < -0.3 is 5.32 Å². The number of carbonyl (C=O) groups excluding carboxylic acids is 1. The molecule has 0 spiro atoms. The summed E-state index contributed by atoms with van der Waals surface area (Å²) in [5.74, 6) is -0.473. The van der Waals surface area contributed by atoms with Crippen LogP contribution in [-0.2, 0) is 0 Å². The van der Waals surface area contributed by atoms with Crippen LogP contribution in [0, 0.1) is 10.1 Å². The first-order valence-electron chi connectivity index (χ1n) is 9.04. The maximum Gasteiger partial charge on any atom is 0.282 e. The van der Waals surface area contributed by atoms with E-state index in [1.165, 1.54) is 36.6 Å². The zero-order chi connectivity index (χ0) is 19.2. The monoisotopic (exact) mass is 407 g/mol. The number of rotatable bonds is 6. The molecule has 2 aromatic rings. The number of nitro benzene ring substituents is 1. The number of amides is 1. The number of halogens is 1. The van der Waals surface area contributed by atoms with Gasteiger partial charge in [0.2, 0.25) is 0 Å². The smallest absolute Gasteiger partial charge is 0.282 e. The van der Waals surface area contributed by atoms with Gasteiger partial charge in [-0.25, -0.2) is 0 Å². The molecular weight excluding hydrogens is 386 g/mol. The van der Waals surface area contributed by atoms with E-state index in [1.54, 1.807) is 11.3 Å². The number of nitrogens with one attached hydrogen (secondary N) is 1. The zero-order valence-electron chi connectivity index (χ0n) is 14.9. The van der Waals surface area contributed by atoms with Crippen molar-refractivity contribution in [1.82, 2.24) is 10.2 Å². The van der Waals surface area contributed by atoms with Crippen LogP contribution in [0.1, 0.15) is 47.6 Å². The van der Waals surface area contributed by atoms with Crippen molar-refractivity contribution < 1.29 is 9.72 Å². The Labute approximate surface area is 167 Å². The minimum absolute atomic E-state index is 0.00700. The second kappa shape index (κ2) is 9.30. The Morgan fingerprint density at radius 3 is 2.63 bits per heavy atom. The lowest BCUT2D eigenvalue weighted by Crippen LogP contribution is -2.38. The summed E-state index contributed by atoms with van der Waals surface area (Å²) < 4.78 is 0. The molecule has 1 N–H and O–H groups in total. The lowest BCUT2D eigenvalue weighted by Gasteiger charge is -2.30. The molecule has 0 saturated carbocycles. The van der Waals surface area contributed by atoms with E-state index in [0.29, 0.717) is 11.6 Å². The van der Waals surface area contributed by atoms with Gasteiger partial charge in [0.1, 0.15) is 5.56 Å². The van der Waals surface area contributed by atoms with Gasteiger partial charge in [-0.2, -0.15) is 11.3 Å². The molecule has 0 radical (unpaired) electrons. The first kappa shape index (κ1) is 19.8. The third-order valence-electron chi connectivity index (χ3n) is 4.87. The van der Waals surface area contributed by atoms with Crippen molar-refractivity contribution in [2.24, 2.45) is 0 Å². The second-order valence-electron chi connectivity index (χ2n) is 6.65. The predicted molar refractivity (Wildman–Crippen MR) is 108 cm³/mol. The van der Waals surface area contributed by atoms with Gasteiger partial charge in [0.25, 0.3) is 11.6 Å². The normalized spacial score (nSPS) is 16.5. The van der Waals surface area contributed by atoms with Gasteiger partial charge in [-0.3, -0.25) is 19.8 Å². The van der Waals surface area contributed by atoms with E-state index >= 15 is 0 Å². The second-order valence-corrected chi connectivity index (χ2v) is 7.87. The minimum Gasteiger partial charge on any atom is -0.350 e. The molecule has 1 atom stereocenters. The van der Waals surface area contributed by atoms with Crippen LogP contribution < -0.4 is 5.32 Å². The summed E-state index contributed by atoms with van der Waals surface area (Å²) in [5.41, 5.74) is 0.925. The van der Waals surface area contributed by atoms with Crippen LogP contribution in [0.5, 0.6) is 0 Å². The van der Waals surface area contributed by atoms with Crippen LogP contribution in [-0.4, -0.2) is 35.4 Å². The van der Waals surface area contributed by atoms with Gasteiger partial charge >= 0.3 is 0 Å². The molecule has 1 saturated heterocycles. The molecular formula is C19H22ClN3O3S. The van der Waals surface area contributed by atoms with Crippen LogP contribution in [0.2, 0.25) is 5.02 Å². The van der Waals surface area contributed by atoms with Crippen LogP contribution in [0.25, 0.3) is 0 Å². The van der Waals surface area contributed by atoms with E-state index in [4.69, 9.17) is 11.6 Å². The predicted octanol–water partition coefficient (Wildman–Crippen LogP) is 4.66. The highest BCUT2D eigenvalue weighted by Gasteiger charge is 2.25. The average Bonchev–Trinajstić information content (AvgIpc) is 3.04. The van der Waals surface area contributed by atoms with E-state index < -0.39 is 10.8 Å². The fourth-order valence-corrected chi connectivity index (χ4v) is 4.34. The van der Waals surface area contributed by atoms with Crippen molar-refractivity contribution in [3.63, 3.8) is 0 Å². The Morgan fingerprint density at radius 2 is 2.00 bits per heavy atom. The quantitative estimate of drug-likeness (QED) is 0.558. The van der Waals surface area contributed by atoms with Gasteiger partial charge in [-0.05, 0) is 60.5 Å². The maximum absolute atomic E-state index is 12.7. The van der Waals surface area contributed by atoms with Crippen molar-refractivity contribution in [2.75, 3.05) is 19.6 Å². The largest absolute Gasteiger partial charge is 0.350 e. The Balaban J connectivity index is 1.76. The summed E-state index contributed by atoms with van der Waals surface area (Å²) in [6.45, 7) is 2.39. The summed E-state index contributed by atoms with van der Waals surface area (Å²) in [6.07, 6.45) is 4.75. The molecule has 2 heterocycles. The molecule has 1 aromatic carbocycles. The Morgan fingerprint density at radius 1 is 1.26 bits per heavy atom. The maximum atomic E-state index is 12.7. The molecule has 27 heavy (non-hydrogen) atoms. The standard InChI is InChI=1S/C19H22ClN3O3S/c20-15-5-6-17(23(25)26)16(11-15)19(24)21-12-18(14-7-10-27-13-14)22-8-3-1-2-4-9-22/h5-7,10-11,13,18H,1-4,8-9,12H2,(H,21,24). The summed E-state index contributed by atoms with van der Waals surface area (Å²) in [6, 6.07) is 6.18. The SMILES string of the molecule is O=C(NCC(c1ccsc1)N1CCCCCC1)c1cc(Cl)ccc1[N+](=O)[O-]. The molecule has 1 amide bonds. The molecule has 0 aliphatic carbocycles. The molecule has 144 valence electrons. The molecule has 1 fully saturated rings. The lowest BCUT2D eigenvalue weighted by molar-refractivity contribution is -0.385. The topological polar surface area (TPSA) is 75.5 Å².